The van der Waals surface area contributed by atoms with Crippen molar-refractivity contribution in [2.45, 2.75) is 48.1 Å². The van der Waals surface area contributed by atoms with Gasteiger partial charge in [-0.25, -0.2) is 0 Å². The van der Waals surface area contributed by atoms with Crippen molar-refractivity contribution in [2.75, 3.05) is 24.5 Å². The molecule has 1 N–H and O–H groups in total. The number of anilines is 1. The number of hydrogen-bond donors (Lipinski definition) is 1. The molecule has 0 aliphatic heterocycles. The molecule has 0 atom stereocenters. The first-order valence-corrected chi connectivity index (χ1v) is 7.85. The monoisotopic (exact) mass is 277 g/mol. The normalized spacial score (nSPS) is 11.4. The minimum atomic E-state index is 0.667. The minimum Gasteiger partial charge on any atom is -0.371 e. The van der Waals surface area contributed by atoms with Gasteiger partial charge >= 0.3 is 0 Å². The van der Waals surface area contributed by atoms with Crippen molar-refractivity contribution in [2.24, 2.45) is 11.8 Å². The van der Waals surface area contributed by atoms with Crippen molar-refractivity contribution in [1.29, 1.82) is 0 Å². The van der Waals surface area contributed by atoms with E-state index in [1.165, 1.54) is 11.3 Å². The van der Waals surface area contributed by atoms with Crippen LogP contribution in [0.1, 0.15) is 45.9 Å². The van der Waals surface area contributed by atoms with E-state index in [0.717, 1.165) is 31.9 Å². The largest absolute Gasteiger partial charge is 0.371 e. The summed E-state index contributed by atoms with van der Waals surface area (Å²) in [5.74, 6) is 1.34. The molecule has 20 heavy (non-hydrogen) atoms. The highest BCUT2D eigenvalue weighted by atomic mass is 15.1. The zero-order valence-corrected chi connectivity index (χ0v) is 14.0. The van der Waals surface area contributed by atoms with Crippen molar-refractivity contribution < 1.29 is 0 Å². The van der Waals surface area contributed by atoms with E-state index in [4.69, 9.17) is 0 Å². The molecule has 0 aliphatic carbocycles. The topological polar surface area (TPSA) is 28.2 Å². The minimum absolute atomic E-state index is 0.667. The van der Waals surface area contributed by atoms with Crippen LogP contribution in [-0.4, -0.2) is 24.6 Å². The van der Waals surface area contributed by atoms with Crippen LogP contribution in [0.2, 0.25) is 0 Å². The first kappa shape index (κ1) is 17.0. The predicted molar refractivity (Wildman–Crippen MR) is 88.2 cm³/mol. The molecule has 3 nitrogen and oxygen atoms in total. The summed E-state index contributed by atoms with van der Waals surface area (Å²) in [5.41, 5.74) is 3.73. The van der Waals surface area contributed by atoms with Gasteiger partial charge in [0.25, 0.3) is 0 Å². The van der Waals surface area contributed by atoms with Gasteiger partial charge in [0.2, 0.25) is 0 Å². The standard InChI is InChI=1S/C17H31N3/c1-7-20(12-14(4)5)17-8-15(6)19-11-16(17)10-18-9-13(2)3/h8,11,13-14,18H,7,9-10,12H2,1-6H3. The molecular formula is C17H31N3. The smallest absolute Gasteiger partial charge is 0.0445 e. The predicted octanol–water partition coefficient (Wildman–Crippen LogP) is 3.62. The summed E-state index contributed by atoms with van der Waals surface area (Å²) >= 11 is 0. The van der Waals surface area contributed by atoms with Gasteiger partial charge in [0.1, 0.15) is 0 Å². The summed E-state index contributed by atoms with van der Waals surface area (Å²) in [7, 11) is 0. The van der Waals surface area contributed by atoms with E-state index in [2.05, 4.69) is 62.8 Å². The SMILES string of the molecule is CCN(CC(C)C)c1cc(C)ncc1CNCC(C)C. The lowest BCUT2D eigenvalue weighted by molar-refractivity contribution is 0.550. The second-order valence-corrected chi connectivity index (χ2v) is 6.41. The van der Waals surface area contributed by atoms with E-state index in [0.29, 0.717) is 11.8 Å². The van der Waals surface area contributed by atoms with Gasteiger partial charge in [-0.3, -0.25) is 4.98 Å². The molecule has 1 aromatic rings. The number of nitrogens with zero attached hydrogens (tertiary/aromatic N) is 2. The van der Waals surface area contributed by atoms with Crippen LogP contribution in [0.4, 0.5) is 5.69 Å². The highest BCUT2D eigenvalue weighted by molar-refractivity contribution is 5.53. The molecule has 1 rings (SSSR count). The Bertz CT molecular complexity index is 399. The average molecular weight is 277 g/mol. The quantitative estimate of drug-likeness (QED) is 0.786. The molecule has 0 bridgehead atoms. The van der Waals surface area contributed by atoms with Crippen LogP contribution in [0.5, 0.6) is 0 Å². The van der Waals surface area contributed by atoms with Crippen LogP contribution in [-0.2, 0) is 6.54 Å². The highest BCUT2D eigenvalue weighted by Gasteiger charge is 2.12. The van der Waals surface area contributed by atoms with Crippen molar-refractivity contribution in [3.8, 4) is 0 Å². The average Bonchev–Trinajstić information content (AvgIpc) is 2.37. The maximum absolute atomic E-state index is 4.47. The fourth-order valence-corrected chi connectivity index (χ4v) is 2.34. The first-order chi connectivity index (χ1) is 9.43. The zero-order valence-electron chi connectivity index (χ0n) is 14.0. The van der Waals surface area contributed by atoms with Gasteiger partial charge in [-0.1, -0.05) is 27.7 Å². The highest BCUT2D eigenvalue weighted by Crippen LogP contribution is 2.22. The summed E-state index contributed by atoms with van der Waals surface area (Å²) in [6.45, 7) is 17.4. The molecule has 0 spiro atoms. The lowest BCUT2D eigenvalue weighted by atomic mass is 10.1. The fourth-order valence-electron chi connectivity index (χ4n) is 2.34. The Morgan fingerprint density at radius 2 is 1.90 bits per heavy atom. The van der Waals surface area contributed by atoms with Crippen LogP contribution in [0.15, 0.2) is 12.3 Å². The van der Waals surface area contributed by atoms with Gasteiger partial charge in [-0.15, -0.1) is 0 Å². The molecule has 1 heterocycles. The molecule has 1 aromatic heterocycles. The van der Waals surface area contributed by atoms with Gasteiger partial charge in [0, 0.05) is 42.8 Å². The molecular weight excluding hydrogens is 246 g/mol. The fraction of sp³-hybridized carbons (Fsp3) is 0.706. The lowest BCUT2D eigenvalue weighted by Gasteiger charge is -2.28. The molecule has 0 saturated carbocycles. The molecule has 0 saturated heterocycles. The Balaban J connectivity index is 2.87. The molecule has 0 fully saturated rings. The third-order valence-corrected chi connectivity index (χ3v) is 3.27. The summed E-state index contributed by atoms with van der Waals surface area (Å²) in [5, 5.41) is 3.53. The Labute approximate surface area is 124 Å². The van der Waals surface area contributed by atoms with Gasteiger partial charge in [-0.05, 0) is 38.3 Å². The van der Waals surface area contributed by atoms with Gasteiger partial charge in [0.05, 0.1) is 0 Å². The van der Waals surface area contributed by atoms with Crippen LogP contribution in [0.3, 0.4) is 0 Å². The summed E-state index contributed by atoms with van der Waals surface area (Å²) in [4.78, 5) is 6.93. The second-order valence-electron chi connectivity index (χ2n) is 6.41. The van der Waals surface area contributed by atoms with E-state index in [9.17, 15) is 0 Å². The number of pyridine rings is 1. The van der Waals surface area contributed by atoms with E-state index in [1.807, 2.05) is 6.20 Å². The number of aryl methyl sites for hydroxylation is 1. The molecule has 0 unspecified atom stereocenters. The molecule has 0 aliphatic rings. The Morgan fingerprint density at radius 3 is 2.45 bits per heavy atom. The van der Waals surface area contributed by atoms with E-state index >= 15 is 0 Å². The molecule has 0 aromatic carbocycles. The Kier molecular flexibility index (Phi) is 7.00. The zero-order chi connectivity index (χ0) is 15.1. The second kappa shape index (κ2) is 8.25. The number of aromatic nitrogens is 1. The van der Waals surface area contributed by atoms with Crippen LogP contribution < -0.4 is 10.2 Å². The van der Waals surface area contributed by atoms with E-state index in [1.54, 1.807) is 0 Å². The van der Waals surface area contributed by atoms with Crippen molar-refractivity contribution in [3.05, 3.63) is 23.5 Å². The van der Waals surface area contributed by atoms with Crippen LogP contribution in [0.25, 0.3) is 0 Å². The van der Waals surface area contributed by atoms with Gasteiger partial charge < -0.3 is 10.2 Å². The van der Waals surface area contributed by atoms with Crippen molar-refractivity contribution in [1.82, 2.24) is 10.3 Å². The lowest BCUT2D eigenvalue weighted by Crippen LogP contribution is -2.29. The molecule has 0 amide bonds. The summed E-state index contributed by atoms with van der Waals surface area (Å²) < 4.78 is 0. The maximum atomic E-state index is 4.47. The Morgan fingerprint density at radius 1 is 1.20 bits per heavy atom. The van der Waals surface area contributed by atoms with Gasteiger partial charge in [-0.2, -0.15) is 0 Å². The van der Waals surface area contributed by atoms with E-state index < -0.39 is 0 Å². The van der Waals surface area contributed by atoms with E-state index in [-0.39, 0.29) is 0 Å². The summed E-state index contributed by atoms with van der Waals surface area (Å²) in [6, 6.07) is 2.22. The number of nitrogens with one attached hydrogen (secondary N) is 1. The van der Waals surface area contributed by atoms with Crippen LogP contribution in [0, 0.1) is 18.8 Å². The maximum Gasteiger partial charge on any atom is 0.0445 e. The number of rotatable bonds is 8. The molecule has 0 radical (unpaired) electrons. The third-order valence-electron chi connectivity index (χ3n) is 3.27. The first-order valence-electron chi connectivity index (χ1n) is 7.85. The van der Waals surface area contributed by atoms with Crippen LogP contribution >= 0.6 is 0 Å². The Hall–Kier alpha value is -1.09. The molecule has 114 valence electrons. The van der Waals surface area contributed by atoms with Crippen molar-refractivity contribution in [3.63, 3.8) is 0 Å². The molecule has 3 heteroatoms. The third kappa shape index (κ3) is 5.49. The van der Waals surface area contributed by atoms with Gasteiger partial charge in [0.15, 0.2) is 0 Å². The number of hydrogen-bond acceptors (Lipinski definition) is 3. The van der Waals surface area contributed by atoms with Crippen molar-refractivity contribution >= 4 is 5.69 Å². The summed E-state index contributed by atoms with van der Waals surface area (Å²) in [6.07, 6.45) is 2.03.